The summed E-state index contributed by atoms with van der Waals surface area (Å²) in [6, 6.07) is 8.47. The smallest absolute Gasteiger partial charge is 0.324 e. The number of piperidine rings is 2. The summed E-state index contributed by atoms with van der Waals surface area (Å²) in [5, 5.41) is 2.79. The Morgan fingerprint density at radius 2 is 1.81 bits per heavy atom. The van der Waals surface area contributed by atoms with Gasteiger partial charge in [0, 0.05) is 44.5 Å². The lowest BCUT2D eigenvalue weighted by Gasteiger charge is -2.35. The summed E-state index contributed by atoms with van der Waals surface area (Å²) in [5.41, 5.74) is 0.601. The molecule has 2 aliphatic rings. The van der Waals surface area contributed by atoms with Gasteiger partial charge in [-0.3, -0.25) is 9.69 Å². The first kappa shape index (κ1) is 25.7. The van der Waals surface area contributed by atoms with Crippen molar-refractivity contribution in [3.05, 3.63) is 82.5 Å². The van der Waals surface area contributed by atoms with E-state index in [-0.39, 0.29) is 18.1 Å². The van der Waals surface area contributed by atoms with Crippen molar-refractivity contribution in [1.82, 2.24) is 15.1 Å². The van der Waals surface area contributed by atoms with E-state index in [2.05, 4.69) is 15.1 Å². The molecular weight excluding hydrogens is 469 g/mol. The van der Waals surface area contributed by atoms with E-state index >= 15 is 0 Å². The van der Waals surface area contributed by atoms with Crippen molar-refractivity contribution in [1.29, 1.82) is 0 Å². The van der Waals surface area contributed by atoms with E-state index in [1.165, 1.54) is 18.2 Å². The van der Waals surface area contributed by atoms with E-state index in [1.807, 2.05) is 0 Å². The Morgan fingerprint density at radius 1 is 1.08 bits per heavy atom. The molecule has 2 fully saturated rings. The molecular formula is C27H29F3N4O2. The zero-order valence-electron chi connectivity index (χ0n) is 20.0. The summed E-state index contributed by atoms with van der Waals surface area (Å²) in [4.78, 5) is 32.6. The number of likely N-dealkylation sites (tertiary alicyclic amines) is 2. The third-order valence-electron chi connectivity index (χ3n) is 7.20. The fraction of sp³-hybridized carbons (Fsp3) is 0.444. The molecule has 2 heterocycles. The van der Waals surface area contributed by atoms with Crippen molar-refractivity contribution < 1.29 is 22.8 Å². The van der Waals surface area contributed by atoms with Crippen molar-refractivity contribution in [2.24, 2.45) is 0 Å². The van der Waals surface area contributed by atoms with Crippen molar-refractivity contribution in [2.45, 2.75) is 50.1 Å². The number of carbonyl (C=O) groups is 2. The van der Waals surface area contributed by atoms with Crippen LogP contribution in [0, 0.1) is 24.0 Å². The Balaban J connectivity index is 1.27. The van der Waals surface area contributed by atoms with Crippen LogP contribution in [0.5, 0.6) is 0 Å². The average molecular weight is 499 g/mol. The predicted octanol–water partition coefficient (Wildman–Crippen LogP) is 5.17. The van der Waals surface area contributed by atoms with Crippen LogP contribution in [0.15, 0.2) is 42.5 Å². The van der Waals surface area contributed by atoms with Gasteiger partial charge in [-0.25, -0.2) is 24.5 Å². The van der Waals surface area contributed by atoms with E-state index in [0.29, 0.717) is 44.2 Å². The molecule has 0 aliphatic carbocycles. The summed E-state index contributed by atoms with van der Waals surface area (Å²) < 4.78 is 40.4. The maximum Gasteiger partial charge on any atom is 0.324 e. The molecule has 0 radical (unpaired) electrons. The Hall–Kier alpha value is -3.38. The highest BCUT2D eigenvalue weighted by molar-refractivity contribution is 5.95. The van der Waals surface area contributed by atoms with Gasteiger partial charge in [0.25, 0.3) is 5.54 Å². The molecule has 0 aromatic heterocycles. The SMILES string of the molecule is [C-]#[N+]C1(c2ccc(F)cc2)CCN(CCCNC(=O)N2C(=O)CCCC2c2ccc(F)c(F)c2)CC1. The highest BCUT2D eigenvalue weighted by atomic mass is 19.2. The highest BCUT2D eigenvalue weighted by Crippen LogP contribution is 2.37. The first-order valence-corrected chi connectivity index (χ1v) is 12.2. The summed E-state index contributed by atoms with van der Waals surface area (Å²) >= 11 is 0. The van der Waals surface area contributed by atoms with Crippen LogP contribution >= 0.6 is 0 Å². The minimum absolute atomic E-state index is 0.234. The number of carbonyl (C=O) groups excluding carboxylic acids is 2. The first-order chi connectivity index (χ1) is 17.3. The molecule has 190 valence electrons. The van der Waals surface area contributed by atoms with E-state index in [9.17, 15) is 22.8 Å². The zero-order valence-corrected chi connectivity index (χ0v) is 20.0. The number of urea groups is 1. The molecule has 2 saturated heterocycles. The fourth-order valence-electron chi connectivity index (χ4n) is 5.12. The van der Waals surface area contributed by atoms with Gasteiger partial charge in [0.2, 0.25) is 5.91 Å². The number of rotatable bonds is 6. The molecule has 6 nitrogen and oxygen atoms in total. The Bertz CT molecular complexity index is 1140. The minimum atomic E-state index is -1.01. The quantitative estimate of drug-likeness (QED) is 0.442. The average Bonchev–Trinajstić information content (AvgIpc) is 2.89. The van der Waals surface area contributed by atoms with Gasteiger partial charge < -0.3 is 15.1 Å². The van der Waals surface area contributed by atoms with Crippen molar-refractivity contribution in [2.75, 3.05) is 26.2 Å². The predicted molar refractivity (Wildman–Crippen MR) is 128 cm³/mol. The number of halogens is 3. The van der Waals surface area contributed by atoms with Gasteiger partial charge in [0.1, 0.15) is 5.82 Å². The second-order valence-electron chi connectivity index (χ2n) is 9.42. The third-order valence-corrected chi connectivity index (χ3v) is 7.20. The Kier molecular flexibility index (Phi) is 7.94. The highest BCUT2D eigenvalue weighted by Gasteiger charge is 2.42. The van der Waals surface area contributed by atoms with Crippen LogP contribution < -0.4 is 5.32 Å². The Morgan fingerprint density at radius 3 is 2.47 bits per heavy atom. The molecule has 1 N–H and O–H groups in total. The van der Waals surface area contributed by atoms with Gasteiger partial charge in [0.15, 0.2) is 11.6 Å². The van der Waals surface area contributed by atoms with Crippen LogP contribution in [0.2, 0.25) is 0 Å². The van der Waals surface area contributed by atoms with Gasteiger partial charge in [-0.1, -0.05) is 6.07 Å². The van der Waals surface area contributed by atoms with Crippen LogP contribution in [0.4, 0.5) is 18.0 Å². The number of nitrogens with one attached hydrogen (secondary N) is 1. The first-order valence-electron chi connectivity index (χ1n) is 12.2. The fourth-order valence-corrected chi connectivity index (χ4v) is 5.12. The normalized spacial score (nSPS) is 20.1. The van der Waals surface area contributed by atoms with E-state index in [1.54, 1.807) is 12.1 Å². The van der Waals surface area contributed by atoms with Crippen LogP contribution in [0.3, 0.4) is 0 Å². The van der Waals surface area contributed by atoms with Crippen LogP contribution in [0.1, 0.15) is 55.7 Å². The molecule has 1 atom stereocenters. The summed E-state index contributed by atoms with van der Waals surface area (Å²) in [7, 11) is 0. The summed E-state index contributed by atoms with van der Waals surface area (Å²) in [6.45, 7) is 10.2. The number of hydrogen-bond donors (Lipinski definition) is 1. The molecule has 36 heavy (non-hydrogen) atoms. The largest absolute Gasteiger partial charge is 0.338 e. The third kappa shape index (κ3) is 5.54. The second kappa shape index (κ2) is 11.1. The maximum absolute atomic E-state index is 13.8. The topological polar surface area (TPSA) is 57.0 Å². The monoisotopic (exact) mass is 498 g/mol. The maximum atomic E-state index is 13.8. The van der Waals surface area contributed by atoms with Crippen LogP contribution in [-0.4, -0.2) is 47.9 Å². The van der Waals surface area contributed by atoms with Crippen LogP contribution in [-0.2, 0) is 10.3 Å². The summed E-state index contributed by atoms with van der Waals surface area (Å²) in [5.74, 6) is -2.63. The van der Waals surface area contributed by atoms with Crippen molar-refractivity contribution >= 4 is 11.9 Å². The molecule has 9 heteroatoms. The number of benzene rings is 2. The van der Waals surface area contributed by atoms with Gasteiger partial charge in [0.05, 0.1) is 6.04 Å². The van der Waals surface area contributed by atoms with Crippen molar-refractivity contribution in [3.63, 3.8) is 0 Å². The number of hydrogen-bond acceptors (Lipinski definition) is 3. The zero-order chi connectivity index (χ0) is 25.7. The Labute approximate surface area is 208 Å². The lowest BCUT2D eigenvalue weighted by molar-refractivity contribution is -0.132. The number of imide groups is 1. The van der Waals surface area contributed by atoms with Crippen molar-refractivity contribution in [3.8, 4) is 0 Å². The molecule has 3 amide bonds. The van der Waals surface area contributed by atoms with Gasteiger partial charge >= 0.3 is 6.03 Å². The summed E-state index contributed by atoms with van der Waals surface area (Å²) in [6.07, 6.45) is 3.25. The second-order valence-corrected chi connectivity index (χ2v) is 9.42. The van der Waals surface area contributed by atoms with Gasteiger partial charge in [-0.15, -0.1) is 0 Å². The van der Waals surface area contributed by atoms with Gasteiger partial charge in [-0.05, 0) is 67.8 Å². The molecule has 2 aromatic rings. The number of nitrogens with zero attached hydrogens (tertiary/aromatic N) is 3. The lowest BCUT2D eigenvalue weighted by Crippen LogP contribution is -2.48. The molecule has 4 rings (SSSR count). The van der Waals surface area contributed by atoms with E-state index in [0.717, 1.165) is 42.2 Å². The molecule has 0 spiro atoms. The number of amides is 3. The molecule has 2 aliphatic heterocycles. The van der Waals surface area contributed by atoms with Crippen LogP contribution in [0.25, 0.3) is 4.85 Å². The molecule has 0 bridgehead atoms. The molecule has 1 unspecified atom stereocenters. The molecule has 2 aromatic carbocycles. The molecule has 0 saturated carbocycles. The lowest BCUT2D eigenvalue weighted by atomic mass is 9.81. The van der Waals surface area contributed by atoms with E-state index in [4.69, 9.17) is 6.57 Å². The standard InChI is InChI=1S/C27H29F3N4O2/c1-31-27(20-7-9-21(28)10-8-20)12-16-33(17-13-27)15-3-14-32-26(36)34-24(4-2-5-25(34)35)19-6-11-22(29)23(30)18-19/h6-11,18,24H,2-5,12-17H2,(H,32,36). The minimum Gasteiger partial charge on any atom is -0.338 e. The van der Waals surface area contributed by atoms with E-state index < -0.39 is 29.2 Å². The van der Waals surface area contributed by atoms with Gasteiger partial charge in [-0.2, -0.15) is 0 Å².